The van der Waals surface area contributed by atoms with E-state index in [1.54, 1.807) is 0 Å². The lowest BCUT2D eigenvalue weighted by atomic mass is 9.82. The van der Waals surface area contributed by atoms with Gasteiger partial charge >= 0.3 is 11.9 Å². The van der Waals surface area contributed by atoms with Crippen LogP contribution in [0.2, 0.25) is 0 Å². The predicted octanol–water partition coefficient (Wildman–Crippen LogP) is 3.07. The summed E-state index contributed by atoms with van der Waals surface area (Å²) in [5.41, 5.74) is 0.374. The lowest BCUT2D eigenvalue weighted by molar-refractivity contribution is -0.165. The van der Waals surface area contributed by atoms with Crippen LogP contribution in [0.5, 0.6) is 0 Å². The molecule has 1 saturated heterocycles. The smallest absolute Gasteiger partial charge is 0.313 e. The first-order chi connectivity index (χ1) is 7.43. The van der Waals surface area contributed by atoms with Crippen molar-refractivity contribution in [2.75, 3.05) is 0 Å². The summed E-state index contributed by atoms with van der Waals surface area (Å²) in [5, 5.41) is 0. The fraction of sp³-hybridized carbons (Fsp3) is 0.846. The Morgan fingerprint density at radius 2 is 1.81 bits per heavy atom. The first-order valence-electron chi connectivity index (χ1n) is 6.16. The maximum absolute atomic E-state index is 11.1. The second-order valence-electron chi connectivity index (χ2n) is 5.53. The summed E-state index contributed by atoms with van der Waals surface area (Å²) in [7, 11) is 0. The van der Waals surface area contributed by atoms with Crippen LogP contribution in [0.25, 0.3) is 0 Å². The van der Waals surface area contributed by atoms with Gasteiger partial charge in [0.2, 0.25) is 0 Å². The van der Waals surface area contributed by atoms with E-state index in [0.717, 1.165) is 19.3 Å². The summed E-state index contributed by atoms with van der Waals surface area (Å²) in [6.45, 7) is 6.71. The van der Waals surface area contributed by atoms with Crippen LogP contribution in [0.15, 0.2) is 0 Å². The van der Waals surface area contributed by atoms with Crippen LogP contribution in [-0.4, -0.2) is 11.9 Å². The van der Waals surface area contributed by atoms with Gasteiger partial charge in [0, 0.05) is 12.8 Å². The SMILES string of the molecule is CCC(C)(C)CCCC1CC(=O)OC(=O)C1. The Balaban J connectivity index is 2.27. The van der Waals surface area contributed by atoms with E-state index in [2.05, 4.69) is 25.5 Å². The van der Waals surface area contributed by atoms with E-state index in [4.69, 9.17) is 0 Å². The minimum absolute atomic E-state index is 0.210. The number of cyclic esters (lactones) is 2. The number of rotatable bonds is 5. The zero-order valence-electron chi connectivity index (χ0n) is 10.5. The summed E-state index contributed by atoms with van der Waals surface area (Å²) >= 11 is 0. The van der Waals surface area contributed by atoms with E-state index < -0.39 is 0 Å². The third-order valence-electron chi connectivity index (χ3n) is 3.56. The van der Waals surface area contributed by atoms with Crippen molar-refractivity contribution in [1.29, 1.82) is 0 Å². The zero-order chi connectivity index (χ0) is 12.2. The molecule has 16 heavy (non-hydrogen) atoms. The Hall–Kier alpha value is -0.860. The van der Waals surface area contributed by atoms with E-state index >= 15 is 0 Å². The number of ether oxygens (including phenoxy) is 1. The van der Waals surface area contributed by atoms with Gasteiger partial charge in [0.15, 0.2) is 0 Å². The molecule has 0 bridgehead atoms. The Kier molecular flexibility index (Phi) is 4.51. The molecule has 0 radical (unpaired) electrons. The molecule has 1 fully saturated rings. The van der Waals surface area contributed by atoms with Gasteiger partial charge in [0.05, 0.1) is 0 Å². The van der Waals surface area contributed by atoms with Crippen molar-refractivity contribution < 1.29 is 14.3 Å². The van der Waals surface area contributed by atoms with Gasteiger partial charge in [0.1, 0.15) is 0 Å². The summed E-state index contributed by atoms with van der Waals surface area (Å²) in [6.07, 6.45) is 5.20. The summed E-state index contributed by atoms with van der Waals surface area (Å²) < 4.78 is 4.51. The number of esters is 2. The quantitative estimate of drug-likeness (QED) is 0.534. The van der Waals surface area contributed by atoms with Gasteiger partial charge in [-0.3, -0.25) is 9.59 Å². The summed E-state index contributed by atoms with van der Waals surface area (Å²) in [6, 6.07) is 0. The average Bonchev–Trinajstić information content (AvgIpc) is 2.16. The predicted molar refractivity (Wildman–Crippen MR) is 61.7 cm³/mol. The van der Waals surface area contributed by atoms with Gasteiger partial charge in [-0.1, -0.05) is 33.6 Å². The molecule has 0 amide bonds. The number of carbonyl (C=O) groups excluding carboxylic acids is 2. The fourth-order valence-electron chi connectivity index (χ4n) is 2.00. The second-order valence-corrected chi connectivity index (χ2v) is 5.53. The Bertz CT molecular complexity index is 252. The highest BCUT2D eigenvalue weighted by atomic mass is 16.6. The van der Waals surface area contributed by atoms with E-state index in [-0.39, 0.29) is 17.9 Å². The Morgan fingerprint density at radius 1 is 1.25 bits per heavy atom. The zero-order valence-corrected chi connectivity index (χ0v) is 10.5. The molecule has 3 heteroatoms. The minimum atomic E-state index is -0.351. The highest BCUT2D eigenvalue weighted by Gasteiger charge is 2.27. The molecular formula is C13H22O3. The molecule has 1 aliphatic rings. The first-order valence-corrected chi connectivity index (χ1v) is 6.16. The van der Waals surface area contributed by atoms with Gasteiger partial charge in [-0.05, 0) is 24.2 Å². The number of hydrogen-bond donors (Lipinski definition) is 0. The van der Waals surface area contributed by atoms with Crippen molar-refractivity contribution in [2.45, 2.75) is 59.3 Å². The number of carbonyl (C=O) groups is 2. The molecule has 0 unspecified atom stereocenters. The van der Waals surface area contributed by atoms with Gasteiger partial charge in [-0.25, -0.2) is 0 Å². The van der Waals surface area contributed by atoms with Gasteiger partial charge < -0.3 is 4.74 Å². The standard InChI is InChI=1S/C13H22O3/c1-4-13(2,3)7-5-6-10-8-11(14)16-12(15)9-10/h10H,4-9H2,1-3H3. The highest BCUT2D eigenvalue weighted by molar-refractivity contribution is 5.88. The molecule has 0 aliphatic carbocycles. The van der Waals surface area contributed by atoms with Crippen molar-refractivity contribution >= 4 is 11.9 Å². The van der Waals surface area contributed by atoms with Crippen LogP contribution in [0.1, 0.15) is 59.3 Å². The topological polar surface area (TPSA) is 43.4 Å². The van der Waals surface area contributed by atoms with Crippen LogP contribution < -0.4 is 0 Å². The van der Waals surface area contributed by atoms with Crippen LogP contribution >= 0.6 is 0 Å². The van der Waals surface area contributed by atoms with Crippen LogP contribution in [-0.2, 0) is 14.3 Å². The molecule has 0 aromatic carbocycles. The molecule has 1 rings (SSSR count). The molecule has 92 valence electrons. The first kappa shape index (κ1) is 13.2. The van der Waals surface area contributed by atoms with E-state index in [0.29, 0.717) is 18.3 Å². The van der Waals surface area contributed by atoms with Crippen molar-refractivity contribution in [2.24, 2.45) is 11.3 Å². The monoisotopic (exact) mass is 226 g/mol. The van der Waals surface area contributed by atoms with Gasteiger partial charge in [-0.15, -0.1) is 0 Å². The molecule has 1 aliphatic heterocycles. The molecule has 0 atom stereocenters. The molecule has 0 spiro atoms. The second kappa shape index (κ2) is 5.46. The molecule has 1 heterocycles. The Labute approximate surface area is 97.5 Å². The average molecular weight is 226 g/mol. The Morgan fingerprint density at radius 3 is 2.31 bits per heavy atom. The van der Waals surface area contributed by atoms with Crippen molar-refractivity contribution in [3.8, 4) is 0 Å². The van der Waals surface area contributed by atoms with Crippen molar-refractivity contribution in [3.63, 3.8) is 0 Å². The molecule has 0 aromatic rings. The molecule has 0 N–H and O–H groups in total. The normalized spacial score (nSPS) is 18.7. The minimum Gasteiger partial charge on any atom is -0.393 e. The van der Waals surface area contributed by atoms with Crippen LogP contribution in [0, 0.1) is 11.3 Å². The summed E-state index contributed by atoms with van der Waals surface area (Å²) in [4.78, 5) is 22.1. The molecule has 3 nitrogen and oxygen atoms in total. The van der Waals surface area contributed by atoms with Crippen LogP contribution in [0.4, 0.5) is 0 Å². The summed E-state index contributed by atoms with van der Waals surface area (Å²) in [5.74, 6) is -0.492. The van der Waals surface area contributed by atoms with Crippen molar-refractivity contribution in [3.05, 3.63) is 0 Å². The van der Waals surface area contributed by atoms with E-state index in [1.165, 1.54) is 6.42 Å². The molecule has 0 aromatic heterocycles. The van der Waals surface area contributed by atoms with E-state index in [1.807, 2.05) is 0 Å². The largest absolute Gasteiger partial charge is 0.393 e. The van der Waals surface area contributed by atoms with Gasteiger partial charge in [-0.2, -0.15) is 0 Å². The third kappa shape index (κ3) is 4.33. The third-order valence-corrected chi connectivity index (χ3v) is 3.56. The maximum Gasteiger partial charge on any atom is 0.313 e. The maximum atomic E-state index is 11.1. The molecule has 0 saturated carbocycles. The number of hydrogen-bond acceptors (Lipinski definition) is 3. The highest BCUT2D eigenvalue weighted by Crippen LogP contribution is 2.30. The van der Waals surface area contributed by atoms with Crippen molar-refractivity contribution in [1.82, 2.24) is 0 Å². The fourth-order valence-corrected chi connectivity index (χ4v) is 2.00. The van der Waals surface area contributed by atoms with Crippen LogP contribution in [0.3, 0.4) is 0 Å². The van der Waals surface area contributed by atoms with E-state index in [9.17, 15) is 9.59 Å². The van der Waals surface area contributed by atoms with Gasteiger partial charge in [0.25, 0.3) is 0 Å². The lowest BCUT2D eigenvalue weighted by Crippen LogP contribution is -2.25. The lowest BCUT2D eigenvalue weighted by Gasteiger charge is -2.24. The molecular weight excluding hydrogens is 204 g/mol.